The first kappa shape index (κ1) is 27.3. The SMILES string of the molecule is ON1CCC2=c3ccccc3=NC2=C1[C@H]1[C@@H]2CCN3CCCC/C=C\CC[C@@]4(O[C@@H]14)[C@@H]1NCCCC/C=C\CC[C@@]12C3. The Kier molecular flexibility index (Phi) is 7.17. The summed E-state index contributed by atoms with van der Waals surface area (Å²) >= 11 is 0. The molecule has 3 fully saturated rings. The van der Waals surface area contributed by atoms with Crippen LogP contribution in [0.25, 0.3) is 5.57 Å². The summed E-state index contributed by atoms with van der Waals surface area (Å²) in [7, 11) is 0. The smallest absolute Gasteiger partial charge is 0.112 e. The lowest BCUT2D eigenvalue weighted by atomic mass is 9.50. The van der Waals surface area contributed by atoms with Gasteiger partial charge >= 0.3 is 0 Å². The van der Waals surface area contributed by atoms with Crippen molar-refractivity contribution >= 4 is 5.57 Å². The van der Waals surface area contributed by atoms with Crippen LogP contribution >= 0.6 is 0 Å². The number of epoxide rings is 1. The van der Waals surface area contributed by atoms with Crippen LogP contribution in [0.2, 0.25) is 0 Å². The second kappa shape index (κ2) is 11.0. The highest BCUT2D eigenvalue weighted by atomic mass is 16.6. The first-order valence-corrected chi connectivity index (χ1v) is 17.0. The summed E-state index contributed by atoms with van der Waals surface area (Å²) in [5.74, 6) is 0.596. The molecule has 0 aromatic heterocycles. The summed E-state index contributed by atoms with van der Waals surface area (Å²) in [5, 5.41) is 19.9. The Bertz CT molecular complexity index is 1420. The quantitative estimate of drug-likeness (QED) is 0.375. The number of benzene rings is 1. The summed E-state index contributed by atoms with van der Waals surface area (Å²) in [4.78, 5) is 8.03. The Morgan fingerprint density at radius 1 is 0.905 bits per heavy atom. The van der Waals surface area contributed by atoms with E-state index < -0.39 is 0 Å². The van der Waals surface area contributed by atoms with Gasteiger partial charge < -0.3 is 15.0 Å². The van der Waals surface area contributed by atoms with Crippen molar-refractivity contribution in [1.29, 1.82) is 0 Å². The number of hydrogen-bond acceptors (Lipinski definition) is 6. The van der Waals surface area contributed by atoms with Gasteiger partial charge in [0, 0.05) is 35.7 Å². The van der Waals surface area contributed by atoms with Gasteiger partial charge in [0.25, 0.3) is 0 Å². The minimum absolute atomic E-state index is 0.0832. The van der Waals surface area contributed by atoms with E-state index in [4.69, 9.17) is 9.73 Å². The summed E-state index contributed by atoms with van der Waals surface area (Å²) in [6.45, 7) is 5.16. The van der Waals surface area contributed by atoms with Crippen LogP contribution in [0.5, 0.6) is 0 Å². The zero-order chi connectivity index (χ0) is 28.1. The van der Waals surface area contributed by atoms with Gasteiger partial charge in [-0.2, -0.15) is 0 Å². The third-order valence-electron chi connectivity index (χ3n) is 11.8. The topological polar surface area (TPSA) is 63.6 Å². The van der Waals surface area contributed by atoms with Crippen LogP contribution in [0.4, 0.5) is 0 Å². The molecule has 8 rings (SSSR count). The maximum absolute atomic E-state index is 11.7. The molecule has 224 valence electrons. The van der Waals surface area contributed by atoms with Gasteiger partial charge in [-0.3, -0.25) is 10.3 Å². The number of nitrogens with one attached hydrogen (secondary N) is 1. The molecule has 2 N–H and O–H groups in total. The van der Waals surface area contributed by atoms with Crippen molar-refractivity contribution in [3.8, 4) is 0 Å². The zero-order valence-electron chi connectivity index (χ0n) is 25.1. The van der Waals surface area contributed by atoms with Crippen molar-refractivity contribution in [3.05, 3.63) is 70.5 Å². The van der Waals surface area contributed by atoms with Gasteiger partial charge in [0.2, 0.25) is 0 Å². The van der Waals surface area contributed by atoms with E-state index >= 15 is 0 Å². The third-order valence-corrected chi connectivity index (χ3v) is 11.8. The molecule has 6 heterocycles. The van der Waals surface area contributed by atoms with Crippen LogP contribution in [0.1, 0.15) is 77.0 Å². The highest BCUT2D eigenvalue weighted by Gasteiger charge is 2.76. The average Bonchev–Trinajstić information content (AvgIpc) is 3.61. The van der Waals surface area contributed by atoms with E-state index in [2.05, 4.69) is 58.8 Å². The lowest BCUT2D eigenvalue weighted by molar-refractivity contribution is -0.105. The molecular formula is C36H48N4O2. The van der Waals surface area contributed by atoms with E-state index in [1.807, 2.05) is 0 Å². The van der Waals surface area contributed by atoms with Gasteiger partial charge in [-0.15, -0.1) is 0 Å². The molecule has 2 spiro atoms. The van der Waals surface area contributed by atoms with Crippen LogP contribution in [0.3, 0.4) is 0 Å². The molecule has 6 aliphatic heterocycles. The Labute approximate surface area is 250 Å². The van der Waals surface area contributed by atoms with Crippen molar-refractivity contribution in [2.75, 3.05) is 32.7 Å². The molecule has 1 aliphatic carbocycles. The standard InChI is InChI=1S/C36H48N4O2/c41-40-24-17-27-26-15-9-10-16-29(26)38-31(27)32(40)30-28-18-23-39-22-14-8-4-2-6-12-20-36(33(30)42-36)34-35(28,25-39)19-11-5-1-3-7-13-21-37-34/h1-2,5-6,9-10,15-16,28,30,33-34,37,41H,3-4,7-8,11-14,17-25H2/b5-1-,6-2-/t28-,30+,33-,34+,35-,36-/m0/s1. The summed E-state index contributed by atoms with van der Waals surface area (Å²) < 4.78 is 7.17. The number of piperidine rings is 1. The molecule has 6 nitrogen and oxygen atoms in total. The van der Waals surface area contributed by atoms with E-state index in [1.165, 1.54) is 62.3 Å². The minimum Gasteiger partial charge on any atom is -0.364 e. The van der Waals surface area contributed by atoms with E-state index in [1.54, 1.807) is 5.06 Å². The summed E-state index contributed by atoms with van der Waals surface area (Å²) in [5.41, 5.74) is 3.30. The van der Waals surface area contributed by atoms with Gasteiger partial charge in [0.1, 0.15) is 5.60 Å². The molecule has 1 unspecified atom stereocenters. The lowest BCUT2D eigenvalue weighted by Gasteiger charge is -2.59. The van der Waals surface area contributed by atoms with Crippen LogP contribution < -0.4 is 15.9 Å². The molecule has 3 bridgehead atoms. The van der Waals surface area contributed by atoms with Crippen molar-refractivity contribution in [2.45, 2.75) is 94.8 Å². The number of rotatable bonds is 1. The molecular weight excluding hydrogens is 520 g/mol. The molecule has 0 amide bonds. The third kappa shape index (κ3) is 4.39. The monoisotopic (exact) mass is 568 g/mol. The van der Waals surface area contributed by atoms with Crippen molar-refractivity contribution in [1.82, 2.24) is 15.3 Å². The second-order valence-electron chi connectivity index (χ2n) is 14.0. The first-order valence-electron chi connectivity index (χ1n) is 17.0. The fourth-order valence-corrected chi connectivity index (χ4v) is 9.99. The number of para-hydroxylation sites is 1. The number of allylic oxidation sites excluding steroid dienone is 5. The number of nitrogens with zero attached hydrogens (tertiary/aromatic N) is 3. The first-order chi connectivity index (χ1) is 20.7. The summed E-state index contributed by atoms with van der Waals surface area (Å²) in [6.07, 6.45) is 23.7. The number of ether oxygens (including phenoxy) is 1. The fraction of sp³-hybridized carbons (Fsp3) is 0.639. The summed E-state index contributed by atoms with van der Waals surface area (Å²) in [6, 6.07) is 8.90. The zero-order valence-corrected chi connectivity index (χ0v) is 25.1. The molecule has 42 heavy (non-hydrogen) atoms. The van der Waals surface area contributed by atoms with E-state index in [9.17, 15) is 5.21 Å². The van der Waals surface area contributed by atoms with Crippen molar-refractivity contribution < 1.29 is 9.94 Å². The van der Waals surface area contributed by atoms with Crippen LogP contribution in [0.15, 0.2) is 65.0 Å². The van der Waals surface area contributed by atoms with Gasteiger partial charge in [0.05, 0.1) is 22.9 Å². The van der Waals surface area contributed by atoms with E-state index in [0.29, 0.717) is 18.5 Å². The molecule has 2 saturated heterocycles. The van der Waals surface area contributed by atoms with Gasteiger partial charge in [-0.1, -0.05) is 42.5 Å². The molecule has 1 aromatic carbocycles. The van der Waals surface area contributed by atoms with Crippen LogP contribution in [-0.2, 0) is 4.74 Å². The average molecular weight is 569 g/mol. The predicted molar refractivity (Wildman–Crippen MR) is 165 cm³/mol. The Morgan fingerprint density at radius 3 is 2.62 bits per heavy atom. The molecule has 7 atom stereocenters. The van der Waals surface area contributed by atoms with E-state index in [0.717, 1.165) is 68.5 Å². The lowest BCUT2D eigenvalue weighted by Crippen LogP contribution is -2.69. The maximum Gasteiger partial charge on any atom is 0.112 e. The second-order valence-corrected chi connectivity index (χ2v) is 14.0. The number of hydroxylamine groups is 2. The highest BCUT2D eigenvalue weighted by molar-refractivity contribution is 5.69. The van der Waals surface area contributed by atoms with E-state index in [-0.39, 0.29) is 23.0 Å². The maximum atomic E-state index is 11.7. The predicted octanol–water partition coefficient (Wildman–Crippen LogP) is 4.85. The van der Waals surface area contributed by atoms with Crippen molar-refractivity contribution in [2.24, 2.45) is 22.2 Å². The number of hydrogen-bond donors (Lipinski definition) is 2. The highest BCUT2D eigenvalue weighted by Crippen LogP contribution is 2.67. The largest absolute Gasteiger partial charge is 0.364 e. The number of fused-ring (bicyclic) bond motifs is 3. The Hall–Kier alpha value is -2.25. The van der Waals surface area contributed by atoms with Gasteiger partial charge in [-0.25, -0.2) is 4.99 Å². The van der Waals surface area contributed by atoms with Crippen molar-refractivity contribution in [3.63, 3.8) is 0 Å². The van der Waals surface area contributed by atoms with Gasteiger partial charge in [-0.05, 0) is 114 Å². The fourth-order valence-electron chi connectivity index (χ4n) is 9.99. The molecule has 7 aliphatic rings. The van der Waals surface area contributed by atoms with Crippen LogP contribution in [-0.4, -0.2) is 65.6 Å². The molecule has 1 aromatic rings. The van der Waals surface area contributed by atoms with Gasteiger partial charge in [0.15, 0.2) is 0 Å². The normalized spacial score (nSPS) is 41.4. The molecule has 6 heteroatoms. The Balaban J connectivity index is 1.30. The van der Waals surface area contributed by atoms with Crippen LogP contribution in [0, 0.1) is 17.3 Å². The molecule has 0 radical (unpaired) electrons. The Morgan fingerprint density at radius 2 is 1.71 bits per heavy atom. The minimum atomic E-state index is -0.197. The molecule has 1 saturated carbocycles.